The van der Waals surface area contributed by atoms with Crippen molar-refractivity contribution in [2.24, 2.45) is 5.73 Å². The van der Waals surface area contributed by atoms with Crippen LogP contribution in [0.2, 0.25) is 0 Å². The Labute approximate surface area is 113 Å². The maximum atomic E-state index is 13.0. The van der Waals surface area contributed by atoms with E-state index in [0.717, 1.165) is 6.07 Å². The van der Waals surface area contributed by atoms with E-state index in [4.69, 9.17) is 5.73 Å². The van der Waals surface area contributed by atoms with Crippen LogP contribution in [-0.4, -0.2) is 11.9 Å². The summed E-state index contributed by atoms with van der Waals surface area (Å²) in [6.45, 7) is 1.59. The molecule has 0 aliphatic carbocycles. The number of carbonyl (C=O) groups is 1. The second kappa shape index (κ2) is 6.72. The van der Waals surface area contributed by atoms with Gasteiger partial charge in [-0.25, -0.2) is 4.39 Å². The summed E-state index contributed by atoms with van der Waals surface area (Å²) in [5, 5.41) is 2.23. The van der Waals surface area contributed by atoms with Gasteiger partial charge in [0, 0.05) is 18.2 Å². The third-order valence-corrected chi connectivity index (χ3v) is 2.06. The Kier molecular flexibility index (Phi) is 6.24. The van der Waals surface area contributed by atoms with Crippen LogP contribution in [0.3, 0.4) is 0 Å². The van der Waals surface area contributed by atoms with Gasteiger partial charge in [0.15, 0.2) is 0 Å². The molecule has 0 saturated heterocycles. The molecule has 0 aromatic heterocycles. The fourth-order valence-electron chi connectivity index (χ4n) is 1.32. The van der Waals surface area contributed by atoms with Crippen LogP contribution >= 0.6 is 12.4 Å². The summed E-state index contributed by atoms with van der Waals surface area (Å²) in [5.74, 6) is -1.91. The normalized spacial score (nSPS) is 12.5. The molecule has 3 nitrogen and oxygen atoms in total. The van der Waals surface area contributed by atoms with Crippen LogP contribution in [0.5, 0.6) is 0 Å². The van der Waals surface area contributed by atoms with E-state index in [0.29, 0.717) is 12.1 Å². The molecule has 0 bridgehead atoms. The molecular formula is C11H13ClF4N2O. The number of nitrogens with two attached hydrogens (primary N) is 1. The Hall–Kier alpha value is -1.34. The summed E-state index contributed by atoms with van der Waals surface area (Å²) in [4.78, 5) is 11.3. The first-order valence-corrected chi connectivity index (χ1v) is 5.12. The fourth-order valence-corrected chi connectivity index (χ4v) is 1.32. The maximum absolute atomic E-state index is 13.0. The summed E-state index contributed by atoms with van der Waals surface area (Å²) in [7, 11) is 0. The first-order valence-electron chi connectivity index (χ1n) is 5.12. The van der Waals surface area contributed by atoms with E-state index < -0.39 is 29.5 Å². The number of nitrogens with one attached hydrogen (secondary N) is 1. The highest BCUT2D eigenvalue weighted by molar-refractivity contribution is 5.91. The third kappa shape index (κ3) is 5.44. The van der Waals surface area contributed by atoms with E-state index in [9.17, 15) is 22.4 Å². The lowest BCUT2D eigenvalue weighted by Crippen LogP contribution is -2.24. The zero-order valence-electron chi connectivity index (χ0n) is 9.92. The van der Waals surface area contributed by atoms with Gasteiger partial charge in [0.25, 0.3) is 0 Å². The summed E-state index contributed by atoms with van der Waals surface area (Å²) >= 11 is 0. The predicted molar refractivity (Wildman–Crippen MR) is 65.5 cm³/mol. The van der Waals surface area contributed by atoms with Gasteiger partial charge >= 0.3 is 6.18 Å². The number of carbonyl (C=O) groups excluding carboxylic acids is 1. The number of rotatable bonds is 3. The largest absolute Gasteiger partial charge is 0.419 e. The Morgan fingerprint density at radius 2 is 2.00 bits per heavy atom. The summed E-state index contributed by atoms with van der Waals surface area (Å²) in [5.41, 5.74) is 3.84. The van der Waals surface area contributed by atoms with Crippen molar-refractivity contribution in [2.75, 3.05) is 5.32 Å². The molecule has 1 rings (SSSR count). The minimum atomic E-state index is -4.80. The van der Waals surface area contributed by atoms with Crippen molar-refractivity contribution in [1.82, 2.24) is 0 Å². The lowest BCUT2D eigenvalue weighted by Gasteiger charge is -2.11. The van der Waals surface area contributed by atoms with Gasteiger partial charge in [0.1, 0.15) is 5.82 Å². The third-order valence-electron chi connectivity index (χ3n) is 2.06. The number of anilines is 1. The molecule has 19 heavy (non-hydrogen) atoms. The minimum absolute atomic E-state index is 0. The first-order chi connectivity index (χ1) is 8.20. The lowest BCUT2D eigenvalue weighted by molar-refractivity contribution is -0.140. The molecule has 1 aromatic carbocycles. The highest BCUT2D eigenvalue weighted by Crippen LogP contribution is 2.32. The molecule has 0 aliphatic heterocycles. The van der Waals surface area contributed by atoms with Crippen molar-refractivity contribution >= 4 is 24.0 Å². The molecule has 0 fully saturated rings. The average molecular weight is 301 g/mol. The van der Waals surface area contributed by atoms with E-state index in [1.54, 1.807) is 6.92 Å². The molecule has 0 heterocycles. The first kappa shape index (κ1) is 17.7. The van der Waals surface area contributed by atoms with E-state index in [1.165, 1.54) is 0 Å². The van der Waals surface area contributed by atoms with E-state index in [1.807, 2.05) is 0 Å². The van der Waals surface area contributed by atoms with Crippen molar-refractivity contribution < 1.29 is 22.4 Å². The van der Waals surface area contributed by atoms with Gasteiger partial charge in [-0.2, -0.15) is 13.2 Å². The van der Waals surface area contributed by atoms with Crippen LogP contribution in [0.15, 0.2) is 18.2 Å². The van der Waals surface area contributed by atoms with Crippen molar-refractivity contribution in [3.8, 4) is 0 Å². The van der Waals surface area contributed by atoms with Gasteiger partial charge in [-0.3, -0.25) is 4.79 Å². The van der Waals surface area contributed by atoms with Gasteiger partial charge in [-0.05, 0) is 25.1 Å². The number of alkyl halides is 3. The lowest BCUT2D eigenvalue weighted by atomic mass is 10.1. The van der Waals surface area contributed by atoms with E-state index in [-0.39, 0.29) is 24.5 Å². The zero-order valence-corrected chi connectivity index (χ0v) is 10.7. The molecule has 1 aromatic rings. The van der Waals surface area contributed by atoms with E-state index >= 15 is 0 Å². The number of hydrogen-bond acceptors (Lipinski definition) is 2. The topological polar surface area (TPSA) is 55.1 Å². The van der Waals surface area contributed by atoms with Crippen molar-refractivity contribution in [1.29, 1.82) is 0 Å². The summed E-state index contributed by atoms with van der Waals surface area (Å²) in [6, 6.07) is 1.86. The molecule has 1 unspecified atom stereocenters. The smallest absolute Gasteiger partial charge is 0.327 e. The number of benzene rings is 1. The second-order valence-electron chi connectivity index (χ2n) is 3.92. The van der Waals surface area contributed by atoms with Crippen molar-refractivity contribution in [3.05, 3.63) is 29.6 Å². The molecule has 8 heteroatoms. The van der Waals surface area contributed by atoms with Crippen molar-refractivity contribution in [2.45, 2.75) is 25.6 Å². The van der Waals surface area contributed by atoms with Crippen LogP contribution < -0.4 is 11.1 Å². The summed E-state index contributed by atoms with van der Waals surface area (Å²) < 4.78 is 50.2. The Bertz CT molecular complexity index is 449. The van der Waals surface area contributed by atoms with Crippen molar-refractivity contribution in [3.63, 3.8) is 0 Å². The van der Waals surface area contributed by atoms with Gasteiger partial charge in [0.2, 0.25) is 5.91 Å². The molecule has 0 spiro atoms. The van der Waals surface area contributed by atoms with Crippen LogP contribution in [-0.2, 0) is 11.0 Å². The minimum Gasteiger partial charge on any atom is -0.327 e. The standard InChI is InChI=1S/C11H12F4N2O.ClH/c1-6(16)4-10(18)17-7-2-3-9(12)8(5-7)11(13,14)15;/h2-3,5-6H,4,16H2,1H3,(H,17,18);1H. The molecule has 0 radical (unpaired) electrons. The quantitative estimate of drug-likeness (QED) is 0.843. The van der Waals surface area contributed by atoms with Gasteiger partial charge in [0.05, 0.1) is 5.56 Å². The SMILES string of the molecule is CC(N)CC(=O)Nc1ccc(F)c(C(F)(F)F)c1.Cl. The summed E-state index contributed by atoms with van der Waals surface area (Å²) in [6.07, 6.45) is -4.83. The Morgan fingerprint density at radius 1 is 1.42 bits per heavy atom. The molecule has 108 valence electrons. The molecule has 0 aliphatic rings. The molecular weight excluding hydrogens is 288 g/mol. The Morgan fingerprint density at radius 3 is 2.47 bits per heavy atom. The predicted octanol–water partition coefficient (Wildman–Crippen LogP) is 2.94. The highest BCUT2D eigenvalue weighted by Gasteiger charge is 2.34. The van der Waals surface area contributed by atoms with Crippen LogP contribution in [0.1, 0.15) is 18.9 Å². The van der Waals surface area contributed by atoms with Crippen LogP contribution in [0.25, 0.3) is 0 Å². The second-order valence-corrected chi connectivity index (χ2v) is 3.92. The van der Waals surface area contributed by atoms with Gasteiger partial charge in [-0.1, -0.05) is 0 Å². The molecule has 1 atom stereocenters. The number of hydrogen-bond donors (Lipinski definition) is 2. The van der Waals surface area contributed by atoms with Crippen LogP contribution in [0, 0.1) is 5.82 Å². The monoisotopic (exact) mass is 300 g/mol. The Balaban J connectivity index is 0.00000324. The fraction of sp³-hybridized carbons (Fsp3) is 0.364. The van der Waals surface area contributed by atoms with E-state index in [2.05, 4.69) is 5.32 Å². The number of halogens is 5. The van der Waals surface area contributed by atoms with Gasteiger partial charge in [-0.15, -0.1) is 12.4 Å². The number of amides is 1. The highest BCUT2D eigenvalue weighted by atomic mass is 35.5. The zero-order chi connectivity index (χ0) is 13.9. The van der Waals surface area contributed by atoms with Gasteiger partial charge < -0.3 is 11.1 Å². The average Bonchev–Trinajstić information content (AvgIpc) is 2.17. The van der Waals surface area contributed by atoms with Crippen LogP contribution in [0.4, 0.5) is 23.2 Å². The molecule has 3 N–H and O–H groups in total. The maximum Gasteiger partial charge on any atom is 0.419 e. The molecule has 1 amide bonds. The molecule has 0 saturated carbocycles.